The molecule has 1 saturated heterocycles. The molecule has 1 aromatic heterocycles. The molecule has 1 aliphatic rings. The van der Waals surface area contributed by atoms with Crippen LogP contribution in [-0.4, -0.2) is 36.0 Å². The van der Waals surface area contributed by atoms with Crippen LogP contribution < -0.4 is 0 Å². The van der Waals surface area contributed by atoms with Gasteiger partial charge >= 0.3 is 5.97 Å². The normalized spacial score (nSPS) is 17.4. The fourth-order valence-corrected chi connectivity index (χ4v) is 3.98. The Hall–Kier alpha value is -2.14. The number of rotatable bonds is 4. The minimum absolute atomic E-state index is 0.103. The van der Waals surface area contributed by atoms with E-state index in [1.165, 1.54) is 16.9 Å². The number of thiophene rings is 1. The molecule has 3 rings (SSSR count). The summed E-state index contributed by atoms with van der Waals surface area (Å²) < 4.78 is 5.32. The van der Waals surface area contributed by atoms with Crippen molar-refractivity contribution < 1.29 is 14.3 Å². The van der Waals surface area contributed by atoms with Crippen molar-refractivity contribution >= 4 is 23.2 Å². The molecule has 2 aromatic rings. The number of aryl methyl sites for hydroxylation is 1. The molecule has 5 heteroatoms. The second-order valence-electron chi connectivity index (χ2n) is 6.54. The number of esters is 1. The van der Waals surface area contributed by atoms with Gasteiger partial charge in [0.1, 0.15) is 4.88 Å². The van der Waals surface area contributed by atoms with Crippen LogP contribution in [0.1, 0.15) is 41.4 Å². The van der Waals surface area contributed by atoms with E-state index in [2.05, 4.69) is 0 Å². The first-order valence-corrected chi connectivity index (χ1v) is 9.55. The summed E-state index contributed by atoms with van der Waals surface area (Å²) in [4.78, 5) is 27.2. The first-order chi connectivity index (χ1) is 12.1. The van der Waals surface area contributed by atoms with Crippen LogP contribution in [0.2, 0.25) is 0 Å². The number of carbonyl (C=O) groups is 2. The first kappa shape index (κ1) is 17.7. The van der Waals surface area contributed by atoms with E-state index in [4.69, 9.17) is 4.74 Å². The molecule has 0 saturated carbocycles. The van der Waals surface area contributed by atoms with Gasteiger partial charge in [0, 0.05) is 18.2 Å². The molecule has 1 fully saturated rings. The summed E-state index contributed by atoms with van der Waals surface area (Å²) in [5, 5.41) is 1.88. The van der Waals surface area contributed by atoms with Crippen molar-refractivity contribution in [2.24, 2.45) is 0 Å². The Morgan fingerprint density at radius 3 is 2.68 bits per heavy atom. The van der Waals surface area contributed by atoms with E-state index in [1.54, 1.807) is 0 Å². The van der Waals surface area contributed by atoms with Crippen molar-refractivity contribution in [3.63, 3.8) is 0 Å². The van der Waals surface area contributed by atoms with Gasteiger partial charge in [-0.3, -0.25) is 4.79 Å². The Balaban J connectivity index is 1.65. The molecule has 132 valence electrons. The van der Waals surface area contributed by atoms with Gasteiger partial charge in [0.2, 0.25) is 0 Å². The number of nitrogens with zero attached hydrogens (tertiary/aromatic N) is 1. The van der Waals surface area contributed by atoms with E-state index in [9.17, 15) is 9.59 Å². The highest BCUT2D eigenvalue weighted by molar-refractivity contribution is 7.12. The molecule has 2 heterocycles. The zero-order valence-electron chi connectivity index (χ0n) is 14.7. The molecule has 0 bridgehead atoms. The number of carbonyl (C=O) groups excluding carboxylic acids is 2. The maximum absolute atomic E-state index is 12.5. The lowest BCUT2D eigenvalue weighted by Gasteiger charge is -2.33. The van der Waals surface area contributed by atoms with Crippen molar-refractivity contribution in [1.29, 1.82) is 0 Å². The average Bonchev–Trinajstić information content (AvgIpc) is 3.10. The highest BCUT2D eigenvalue weighted by Crippen LogP contribution is 2.29. The first-order valence-electron chi connectivity index (χ1n) is 8.67. The second-order valence-corrected chi connectivity index (χ2v) is 7.45. The minimum Gasteiger partial charge on any atom is -0.451 e. The summed E-state index contributed by atoms with van der Waals surface area (Å²) in [7, 11) is 0. The number of hydrogen-bond donors (Lipinski definition) is 0. The van der Waals surface area contributed by atoms with Crippen molar-refractivity contribution in [2.45, 2.75) is 39.2 Å². The van der Waals surface area contributed by atoms with Gasteiger partial charge in [-0.2, -0.15) is 0 Å². The summed E-state index contributed by atoms with van der Waals surface area (Å²) >= 11 is 1.35. The van der Waals surface area contributed by atoms with E-state index >= 15 is 0 Å². The van der Waals surface area contributed by atoms with Gasteiger partial charge in [0.05, 0.1) is 0 Å². The number of piperidine rings is 1. The predicted molar refractivity (Wildman–Crippen MR) is 99.8 cm³/mol. The van der Waals surface area contributed by atoms with Crippen LogP contribution >= 0.6 is 11.3 Å². The van der Waals surface area contributed by atoms with Gasteiger partial charge in [0.25, 0.3) is 5.91 Å². The molecule has 1 amide bonds. The summed E-state index contributed by atoms with van der Waals surface area (Å²) in [6, 6.07) is 10.2. The van der Waals surface area contributed by atoms with E-state index < -0.39 is 5.97 Å². The van der Waals surface area contributed by atoms with E-state index in [0.29, 0.717) is 4.88 Å². The van der Waals surface area contributed by atoms with Crippen LogP contribution in [0, 0.1) is 6.92 Å². The monoisotopic (exact) mass is 357 g/mol. The van der Waals surface area contributed by atoms with Gasteiger partial charge in [-0.15, -0.1) is 11.3 Å². The lowest BCUT2D eigenvalue weighted by Crippen LogP contribution is -2.44. The van der Waals surface area contributed by atoms with Crippen LogP contribution in [0.25, 0.3) is 11.1 Å². The average molecular weight is 357 g/mol. The lowest BCUT2D eigenvalue weighted by molar-refractivity contribution is -0.137. The van der Waals surface area contributed by atoms with Crippen molar-refractivity contribution in [1.82, 2.24) is 4.90 Å². The zero-order chi connectivity index (χ0) is 17.8. The highest BCUT2D eigenvalue weighted by Gasteiger charge is 2.25. The third-order valence-electron chi connectivity index (χ3n) is 4.66. The third kappa shape index (κ3) is 4.10. The van der Waals surface area contributed by atoms with Crippen molar-refractivity contribution in [2.75, 3.05) is 13.2 Å². The maximum atomic E-state index is 12.5. The van der Waals surface area contributed by atoms with Gasteiger partial charge in [-0.25, -0.2) is 4.79 Å². The van der Waals surface area contributed by atoms with E-state index in [0.717, 1.165) is 36.9 Å². The van der Waals surface area contributed by atoms with Gasteiger partial charge in [-0.05, 0) is 50.1 Å². The standard InChI is InChI=1S/C20H23NO3S/c1-14-6-8-16(9-7-14)17-10-12-25-19(17)20(23)24-13-18(22)21-11-4-3-5-15(21)2/h6-10,12,15H,3-5,11,13H2,1-2H3/t15-/m0/s1. The van der Waals surface area contributed by atoms with Crippen LogP contribution in [0.15, 0.2) is 35.7 Å². The molecule has 0 radical (unpaired) electrons. The number of amides is 1. The van der Waals surface area contributed by atoms with E-state index in [-0.39, 0.29) is 18.6 Å². The lowest BCUT2D eigenvalue weighted by atomic mass is 10.0. The predicted octanol–water partition coefficient (Wildman–Crippen LogP) is 4.28. The maximum Gasteiger partial charge on any atom is 0.349 e. The second kappa shape index (κ2) is 7.83. The van der Waals surface area contributed by atoms with Crippen molar-refractivity contribution in [3.8, 4) is 11.1 Å². The molecule has 0 aliphatic carbocycles. The minimum atomic E-state index is -0.427. The SMILES string of the molecule is Cc1ccc(-c2ccsc2C(=O)OCC(=O)N2CCCC[C@@H]2C)cc1. The third-order valence-corrected chi connectivity index (χ3v) is 5.56. The Bertz CT molecular complexity index is 751. The summed E-state index contributed by atoms with van der Waals surface area (Å²) in [6.07, 6.45) is 3.19. The van der Waals surface area contributed by atoms with Gasteiger partial charge in [0.15, 0.2) is 6.61 Å². The molecule has 0 N–H and O–H groups in total. The summed E-state index contributed by atoms with van der Waals surface area (Å²) in [5.74, 6) is -0.530. The Kier molecular flexibility index (Phi) is 5.53. The Labute approximate surface area is 152 Å². The fourth-order valence-electron chi connectivity index (χ4n) is 3.17. The van der Waals surface area contributed by atoms with Crippen LogP contribution in [0.3, 0.4) is 0 Å². The molecule has 1 atom stereocenters. The number of benzene rings is 1. The molecular weight excluding hydrogens is 334 g/mol. The molecule has 4 nitrogen and oxygen atoms in total. The molecule has 1 aromatic carbocycles. The largest absolute Gasteiger partial charge is 0.451 e. The summed E-state index contributed by atoms with van der Waals surface area (Å²) in [5.41, 5.74) is 3.01. The molecular formula is C20H23NO3S. The molecule has 0 unspecified atom stereocenters. The zero-order valence-corrected chi connectivity index (χ0v) is 15.5. The fraction of sp³-hybridized carbons (Fsp3) is 0.400. The van der Waals surface area contributed by atoms with E-state index in [1.807, 2.05) is 54.5 Å². The van der Waals surface area contributed by atoms with Crippen LogP contribution in [-0.2, 0) is 9.53 Å². The molecule has 25 heavy (non-hydrogen) atoms. The molecule has 1 aliphatic heterocycles. The number of likely N-dealkylation sites (tertiary alicyclic amines) is 1. The quantitative estimate of drug-likeness (QED) is 0.767. The topological polar surface area (TPSA) is 46.6 Å². The van der Waals surface area contributed by atoms with Crippen LogP contribution in [0.4, 0.5) is 0 Å². The number of hydrogen-bond acceptors (Lipinski definition) is 4. The van der Waals surface area contributed by atoms with Gasteiger partial charge in [-0.1, -0.05) is 29.8 Å². The summed E-state index contributed by atoms with van der Waals surface area (Å²) in [6.45, 7) is 4.65. The Morgan fingerprint density at radius 1 is 1.20 bits per heavy atom. The van der Waals surface area contributed by atoms with Crippen LogP contribution in [0.5, 0.6) is 0 Å². The smallest absolute Gasteiger partial charge is 0.349 e. The molecule has 0 spiro atoms. The van der Waals surface area contributed by atoms with Crippen molar-refractivity contribution in [3.05, 3.63) is 46.2 Å². The highest BCUT2D eigenvalue weighted by atomic mass is 32.1. The number of ether oxygens (including phenoxy) is 1. The van der Waals surface area contributed by atoms with Gasteiger partial charge < -0.3 is 9.64 Å². The Morgan fingerprint density at radius 2 is 1.96 bits per heavy atom.